The van der Waals surface area contributed by atoms with Crippen molar-refractivity contribution in [2.24, 2.45) is 0 Å². The van der Waals surface area contributed by atoms with Crippen molar-refractivity contribution in [3.05, 3.63) is 23.2 Å². The van der Waals surface area contributed by atoms with Gasteiger partial charge < -0.3 is 14.7 Å². The molecule has 0 aliphatic carbocycles. The summed E-state index contributed by atoms with van der Waals surface area (Å²) in [4.78, 5) is 36.3. The number of nitrogens with zero attached hydrogens (tertiary/aromatic N) is 4. The number of carbonyl (C=O) groups is 2. The van der Waals surface area contributed by atoms with Gasteiger partial charge in [-0.3, -0.25) is 9.59 Å². The van der Waals surface area contributed by atoms with Crippen LogP contribution in [0.2, 0.25) is 5.02 Å². The number of rotatable bonds is 7. The highest BCUT2D eigenvalue weighted by atomic mass is 35.5. The van der Waals surface area contributed by atoms with Crippen LogP contribution in [0.15, 0.2) is 22.5 Å². The van der Waals surface area contributed by atoms with Crippen LogP contribution in [0.3, 0.4) is 0 Å². The van der Waals surface area contributed by atoms with Crippen molar-refractivity contribution in [2.75, 3.05) is 39.3 Å². The molecule has 2 atom stereocenters. The molecule has 0 bridgehead atoms. The predicted octanol–water partition coefficient (Wildman–Crippen LogP) is 2.31. The summed E-state index contributed by atoms with van der Waals surface area (Å²) in [7, 11) is -3.99. The molecule has 3 saturated heterocycles. The highest BCUT2D eigenvalue weighted by Crippen LogP contribution is 2.28. The number of fused-ring (bicyclic) bond motifs is 1. The van der Waals surface area contributed by atoms with E-state index in [1.807, 2.05) is 4.90 Å². The number of likely N-dealkylation sites (tertiary alicyclic amines) is 3. The molecule has 1 aromatic carbocycles. The molecule has 2 aromatic rings. The first-order chi connectivity index (χ1) is 16.8. The highest BCUT2D eigenvalue weighted by molar-refractivity contribution is 7.91. The molecular formula is C23H30ClN5O4S2. The molecule has 190 valence electrons. The zero-order chi connectivity index (χ0) is 24.6. The van der Waals surface area contributed by atoms with E-state index < -0.39 is 16.1 Å². The Morgan fingerprint density at radius 3 is 2.69 bits per heavy atom. The number of halogens is 1. The average Bonchev–Trinajstić information content (AvgIpc) is 3.57. The molecule has 4 heterocycles. The van der Waals surface area contributed by atoms with Gasteiger partial charge in [0.2, 0.25) is 16.2 Å². The van der Waals surface area contributed by atoms with Crippen LogP contribution in [0.25, 0.3) is 10.2 Å². The molecule has 1 N–H and O–H groups in total. The Bertz CT molecular complexity index is 1210. The SMILES string of the molecule is O=C1[C@@H](NS(=O)(=O)c2nc3cc(Cl)ccc3s2)CCCN1CC(=O)N1CCC[C@H]1CN1CCCC1. The number of nitrogens with one attached hydrogen (secondary N) is 1. The Balaban J connectivity index is 1.22. The van der Waals surface area contributed by atoms with E-state index in [2.05, 4.69) is 14.6 Å². The van der Waals surface area contributed by atoms with Crippen molar-refractivity contribution in [3.8, 4) is 0 Å². The summed E-state index contributed by atoms with van der Waals surface area (Å²) >= 11 is 7.02. The molecule has 0 saturated carbocycles. The van der Waals surface area contributed by atoms with Gasteiger partial charge in [-0.25, -0.2) is 13.4 Å². The molecule has 0 radical (unpaired) electrons. The topological polar surface area (TPSA) is 103 Å². The van der Waals surface area contributed by atoms with E-state index in [1.165, 1.54) is 17.7 Å². The van der Waals surface area contributed by atoms with Crippen molar-refractivity contribution >= 4 is 55.0 Å². The van der Waals surface area contributed by atoms with Gasteiger partial charge in [-0.2, -0.15) is 4.72 Å². The maximum absolute atomic E-state index is 13.1. The zero-order valence-corrected chi connectivity index (χ0v) is 21.9. The van der Waals surface area contributed by atoms with Crippen LogP contribution in [-0.2, 0) is 19.6 Å². The Kier molecular flexibility index (Phi) is 7.32. The summed E-state index contributed by atoms with van der Waals surface area (Å²) in [5.74, 6) is -0.403. The summed E-state index contributed by atoms with van der Waals surface area (Å²) in [6.07, 6.45) is 5.41. The fraction of sp³-hybridized carbons (Fsp3) is 0.609. The largest absolute Gasteiger partial charge is 0.337 e. The van der Waals surface area contributed by atoms with Gasteiger partial charge in [0.1, 0.15) is 6.04 Å². The summed E-state index contributed by atoms with van der Waals surface area (Å²) in [6.45, 7) is 4.24. The third-order valence-corrected chi connectivity index (χ3v) is 10.2. The van der Waals surface area contributed by atoms with Crippen LogP contribution in [0, 0.1) is 0 Å². The molecule has 0 spiro atoms. The van der Waals surface area contributed by atoms with Crippen LogP contribution < -0.4 is 4.72 Å². The van der Waals surface area contributed by atoms with Crippen LogP contribution in [0.4, 0.5) is 0 Å². The Labute approximate surface area is 214 Å². The zero-order valence-electron chi connectivity index (χ0n) is 19.5. The number of thiazole rings is 1. The van der Waals surface area contributed by atoms with Crippen LogP contribution in [0.1, 0.15) is 38.5 Å². The number of carbonyl (C=O) groups excluding carboxylic acids is 2. The lowest BCUT2D eigenvalue weighted by atomic mass is 10.1. The number of hydrogen-bond donors (Lipinski definition) is 1. The number of sulfonamides is 1. The standard InChI is InChI=1S/C23H30ClN5O4S2/c24-16-7-8-20-19(13-16)25-23(34-20)35(32,33)26-18-6-4-11-28(22(18)31)15-21(30)29-12-3-5-17(29)14-27-9-1-2-10-27/h7-8,13,17-18,26H,1-6,9-12,14-15H2/t17-,18-/m0/s1. The lowest BCUT2D eigenvalue weighted by molar-refractivity contribution is -0.143. The molecular weight excluding hydrogens is 510 g/mol. The molecule has 3 aliphatic heterocycles. The van der Waals surface area contributed by atoms with Crippen LogP contribution in [0.5, 0.6) is 0 Å². The predicted molar refractivity (Wildman–Crippen MR) is 135 cm³/mol. The Morgan fingerprint density at radius 1 is 1.11 bits per heavy atom. The first-order valence-corrected chi connectivity index (χ1v) is 14.9. The fourth-order valence-corrected chi connectivity index (χ4v) is 7.92. The first-order valence-electron chi connectivity index (χ1n) is 12.2. The quantitative estimate of drug-likeness (QED) is 0.579. The molecule has 3 aliphatic rings. The Morgan fingerprint density at radius 2 is 1.89 bits per heavy atom. The minimum absolute atomic E-state index is 0.00675. The van der Waals surface area contributed by atoms with E-state index in [0.717, 1.165) is 50.4 Å². The van der Waals surface area contributed by atoms with E-state index in [1.54, 1.807) is 18.2 Å². The Hall–Kier alpha value is -1.79. The van der Waals surface area contributed by atoms with Crippen molar-refractivity contribution in [1.82, 2.24) is 24.4 Å². The summed E-state index contributed by atoms with van der Waals surface area (Å²) < 4.78 is 29.1. The number of hydrogen-bond acceptors (Lipinski definition) is 7. The minimum Gasteiger partial charge on any atom is -0.337 e. The smallest absolute Gasteiger partial charge is 0.268 e. The van der Waals surface area contributed by atoms with Crippen molar-refractivity contribution < 1.29 is 18.0 Å². The summed E-state index contributed by atoms with van der Waals surface area (Å²) in [6, 6.07) is 4.31. The van der Waals surface area contributed by atoms with Crippen molar-refractivity contribution in [1.29, 1.82) is 0 Å². The van der Waals surface area contributed by atoms with Gasteiger partial charge in [0, 0.05) is 30.7 Å². The van der Waals surface area contributed by atoms with Gasteiger partial charge in [-0.15, -0.1) is 11.3 Å². The first kappa shape index (κ1) is 24.9. The third-order valence-electron chi connectivity index (χ3n) is 7.08. The lowest BCUT2D eigenvalue weighted by Gasteiger charge is -2.34. The molecule has 9 nitrogen and oxygen atoms in total. The second kappa shape index (κ2) is 10.3. The van der Waals surface area contributed by atoms with E-state index in [4.69, 9.17) is 11.6 Å². The molecule has 12 heteroatoms. The second-order valence-electron chi connectivity index (χ2n) is 9.56. The summed E-state index contributed by atoms with van der Waals surface area (Å²) in [5, 5.41) is 0.475. The maximum atomic E-state index is 13.1. The lowest BCUT2D eigenvalue weighted by Crippen LogP contribution is -2.55. The van der Waals surface area contributed by atoms with E-state index in [-0.39, 0.29) is 28.7 Å². The molecule has 2 amide bonds. The number of amides is 2. The van der Waals surface area contributed by atoms with Gasteiger partial charge in [0.05, 0.1) is 16.8 Å². The maximum Gasteiger partial charge on any atom is 0.268 e. The number of benzene rings is 1. The molecule has 1 aromatic heterocycles. The van der Waals surface area contributed by atoms with E-state index >= 15 is 0 Å². The minimum atomic E-state index is -3.99. The van der Waals surface area contributed by atoms with Gasteiger partial charge in [-0.1, -0.05) is 11.6 Å². The van der Waals surface area contributed by atoms with E-state index in [0.29, 0.717) is 34.6 Å². The molecule has 5 rings (SSSR count). The van der Waals surface area contributed by atoms with Gasteiger partial charge >= 0.3 is 0 Å². The molecule has 0 unspecified atom stereocenters. The second-order valence-corrected chi connectivity index (χ2v) is 12.9. The molecule has 35 heavy (non-hydrogen) atoms. The number of piperidine rings is 1. The average molecular weight is 540 g/mol. The fourth-order valence-electron chi connectivity index (χ4n) is 5.31. The number of aromatic nitrogens is 1. The van der Waals surface area contributed by atoms with Crippen LogP contribution >= 0.6 is 22.9 Å². The van der Waals surface area contributed by atoms with Gasteiger partial charge in [0.15, 0.2) is 0 Å². The highest BCUT2D eigenvalue weighted by Gasteiger charge is 2.37. The third kappa shape index (κ3) is 5.48. The monoisotopic (exact) mass is 539 g/mol. The van der Waals surface area contributed by atoms with Crippen LogP contribution in [-0.4, -0.2) is 91.3 Å². The van der Waals surface area contributed by atoms with Gasteiger partial charge in [-0.05, 0) is 69.8 Å². The van der Waals surface area contributed by atoms with Crippen molar-refractivity contribution in [3.63, 3.8) is 0 Å². The van der Waals surface area contributed by atoms with Gasteiger partial charge in [0.25, 0.3) is 10.0 Å². The van der Waals surface area contributed by atoms with E-state index in [9.17, 15) is 18.0 Å². The molecule has 3 fully saturated rings. The summed E-state index contributed by atoms with van der Waals surface area (Å²) in [5.41, 5.74) is 0.499. The van der Waals surface area contributed by atoms with Crippen molar-refractivity contribution in [2.45, 2.75) is 54.9 Å². The normalized spacial score (nSPS) is 24.1.